The Bertz CT molecular complexity index is 1160. The molecule has 1 N–H and O–H groups in total. The van der Waals surface area contributed by atoms with Crippen LogP contribution in [0.2, 0.25) is 0 Å². The number of carbonyl (C=O) groups excluding carboxylic acids is 1. The molecule has 2 aromatic heterocycles. The van der Waals surface area contributed by atoms with E-state index in [1.165, 1.54) is 16.4 Å². The number of aromatic nitrogens is 2. The molecule has 1 fully saturated rings. The number of sulfonamides is 1. The van der Waals surface area contributed by atoms with Gasteiger partial charge >= 0.3 is 0 Å². The maximum absolute atomic E-state index is 12.9. The molecule has 10 nitrogen and oxygen atoms in total. The topological polar surface area (TPSA) is 128 Å². The van der Waals surface area contributed by atoms with Crippen molar-refractivity contribution < 1.29 is 26.8 Å². The van der Waals surface area contributed by atoms with Crippen molar-refractivity contribution in [1.82, 2.24) is 19.8 Å². The van der Waals surface area contributed by atoms with Crippen molar-refractivity contribution in [3.05, 3.63) is 48.4 Å². The monoisotopic (exact) mass is 478 g/mol. The van der Waals surface area contributed by atoms with Crippen molar-refractivity contribution in [2.75, 3.05) is 32.1 Å². The molecule has 0 radical (unpaired) electrons. The van der Waals surface area contributed by atoms with Crippen LogP contribution in [0.1, 0.15) is 18.7 Å². The third-order valence-corrected chi connectivity index (χ3v) is 7.48. The van der Waals surface area contributed by atoms with Crippen molar-refractivity contribution >= 4 is 27.7 Å². The summed E-state index contributed by atoms with van der Waals surface area (Å²) in [5, 5.41) is 11.0. The van der Waals surface area contributed by atoms with Crippen LogP contribution >= 0.6 is 11.8 Å². The number of morpholine rings is 1. The van der Waals surface area contributed by atoms with E-state index in [9.17, 15) is 13.2 Å². The number of amides is 1. The van der Waals surface area contributed by atoms with Crippen molar-refractivity contribution in [2.24, 2.45) is 0 Å². The van der Waals surface area contributed by atoms with E-state index >= 15 is 0 Å². The Hall–Kier alpha value is -2.67. The number of nitrogens with zero attached hydrogens (tertiary/aromatic N) is 3. The summed E-state index contributed by atoms with van der Waals surface area (Å²) >= 11 is 1.09. The van der Waals surface area contributed by atoms with Crippen LogP contribution in [0.25, 0.3) is 11.5 Å². The van der Waals surface area contributed by atoms with Crippen LogP contribution in [0, 0.1) is 0 Å². The fraction of sp³-hybridized carbons (Fsp3) is 0.350. The van der Waals surface area contributed by atoms with E-state index in [0.717, 1.165) is 11.8 Å². The van der Waals surface area contributed by atoms with E-state index in [1.54, 1.807) is 30.5 Å². The second-order valence-electron chi connectivity index (χ2n) is 7.01. The van der Waals surface area contributed by atoms with E-state index in [0.29, 0.717) is 37.6 Å². The molecule has 1 aliphatic rings. The lowest BCUT2D eigenvalue weighted by molar-refractivity contribution is -0.119. The molecule has 170 valence electrons. The number of rotatable bonds is 8. The molecular formula is C20H22N4O6S2. The van der Waals surface area contributed by atoms with Crippen molar-refractivity contribution in [2.45, 2.75) is 23.1 Å². The van der Waals surface area contributed by atoms with Crippen LogP contribution < -0.4 is 5.32 Å². The Kier molecular flexibility index (Phi) is 6.94. The first-order valence-electron chi connectivity index (χ1n) is 9.91. The summed E-state index contributed by atoms with van der Waals surface area (Å²) in [6.45, 7) is 3.20. The van der Waals surface area contributed by atoms with Gasteiger partial charge in [0.05, 0.1) is 36.2 Å². The molecule has 1 amide bonds. The van der Waals surface area contributed by atoms with Crippen LogP contribution in [0.3, 0.4) is 0 Å². The van der Waals surface area contributed by atoms with Crippen molar-refractivity contribution in [3.63, 3.8) is 0 Å². The van der Waals surface area contributed by atoms with Gasteiger partial charge in [0.25, 0.3) is 5.22 Å². The van der Waals surface area contributed by atoms with E-state index in [2.05, 4.69) is 15.5 Å². The van der Waals surface area contributed by atoms with Gasteiger partial charge in [0.2, 0.25) is 21.8 Å². The van der Waals surface area contributed by atoms with E-state index in [1.807, 2.05) is 6.92 Å². The molecule has 1 atom stereocenters. The molecule has 0 bridgehead atoms. The summed E-state index contributed by atoms with van der Waals surface area (Å²) < 4.78 is 43.3. The summed E-state index contributed by atoms with van der Waals surface area (Å²) in [6.07, 6.45) is 1.55. The summed E-state index contributed by atoms with van der Waals surface area (Å²) in [6, 6.07) is 9.65. The summed E-state index contributed by atoms with van der Waals surface area (Å²) in [7, 11) is -3.64. The maximum atomic E-state index is 12.9. The number of carbonyl (C=O) groups is 1. The van der Waals surface area contributed by atoms with Gasteiger partial charge in [0, 0.05) is 18.7 Å². The number of hydrogen-bond donors (Lipinski definition) is 1. The van der Waals surface area contributed by atoms with Crippen molar-refractivity contribution in [1.29, 1.82) is 0 Å². The van der Waals surface area contributed by atoms with Crippen LogP contribution in [-0.2, 0) is 19.6 Å². The van der Waals surface area contributed by atoms with Gasteiger partial charge in [0.15, 0.2) is 0 Å². The van der Waals surface area contributed by atoms with Gasteiger partial charge in [-0.05, 0) is 37.3 Å². The Balaban J connectivity index is 1.39. The fourth-order valence-electron chi connectivity index (χ4n) is 3.13. The minimum Gasteiger partial charge on any atom is -0.467 e. The normalized spacial score (nSPS) is 16.0. The average molecular weight is 479 g/mol. The van der Waals surface area contributed by atoms with Gasteiger partial charge in [-0.25, -0.2) is 8.42 Å². The smallest absolute Gasteiger partial charge is 0.277 e. The molecule has 12 heteroatoms. The highest BCUT2D eigenvalue weighted by molar-refractivity contribution is 7.99. The number of hydrogen-bond acceptors (Lipinski definition) is 9. The van der Waals surface area contributed by atoms with Crippen molar-refractivity contribution in [3.8, 4) is 11.5 Å². The zero-order valence-corrected chi connectivity index (χ0v) is 18.9. The highest BCUT2D eigenvalue weighted by Crippen LogP contribution is 2.26. The van der Waals surface area contributed by atoms with E-state index < -0.39 is 10.0 Å². The minimum absolute atomic E-state index is 0.0815. The maximum Gasteiger partial charge on any atom is 0.277 e. The molecule has 1 unspecified atom stereocenters. The molecule has 3 heterocycles. The zero-order chi connectivity index (χ0) is 22.6. The second-order valence-corrected chi connectivity index (χ2v) is 9.88. The Morgan fingerprint density at radius 1 is 1.22 bits per heavy atom. The molecule has 0 aliphatic carbocycles. The molecule has 1 aromatic carbocycles. The first-order valence-corrected chi connectivity index (χ1v) is 12.3. The van der Waals surface area contributed by atoms with Gasteiger partial charge in [-0.3, -0.25) is 4.79 Å². The van der Waals surface area contributed by atoms with Crippen LogP contribution in [0.15, 0.2) is 61.6 Å². The van der Waals surface area contributed by atoms with Gasteiger partial charge < -0.3 is 18.9 Å². The average Bonchev–Trinajstić information content (AvgIpc) is 3.51. The fourth-order valence-corrected chi connectivity index (χ4v) is 5.16. The molecule has 0 saturated carbocycles. The minimum atomic E-state index is -3.64. The highest BCUT2D eigenvalue weighted by atomic mass is 32.2. The number of ether oxygens (including phenoxy) is 1. The quantitative estimate of drug-likeness (QED) is 0.485. The molecule has 0 spiro atoms. The lowest BCUT2D eigenvalue weighted by Crippen LogP contribution is -2.40. The summed E-state index contributed by atoms with van der Waals surface area (Å²) in [4.78, 5) is 12.3. The molecule has 3 aromatic rings. The number of furan rings is 1. The summed E-state index contributed by atoms with van der Waals surface area (Å²) in [5.41, 5.74) is 0.481. The predicted molar refractivity (Wildman–Crippen MR) is 115 cm³/mol. The second kappa shape index (κ2) is 9.86. The van der Waals surface area contributed by atoms with Crippen LogP contribution in [0.5, 0.6) is 0 Å². The third kappa shape index (κ3) is 5.21. The third-order valence-electron chi connectivity index (χ3n) is 4.77. The summed E-state index contributed by atoms with van der Waals surface area (Å²) in [5.74, 6) is 0.710. The number of thioether (sulfide) groups is 1. The molecule has 4 rings (SSSR count). The lowest BCUT2D eigenvalue weighted by Gasteiger charge is -2.26. The van der Waals surface area contributed by atoms with Gasteiger partial charge in [0.1, 0.15) is 5.76 Å². The zero-order valence-electron chi connectivity index (χ0n) is 17.3. The van der Waals surface area contributed by atoms with E-state index in [-0.39, 0.29) is 33.7 Å². The Morgan fingerprint density at radius 3 is 2.78 bits per heavy atom. The van der Waals surface area contributed by atoms with Crippen LogP contribution in [0.4, 0.5) is 0 Å². The van der Waals surface area contributed by atoms with Gasteiger partial charge in [-0.1, -0.05) is 17.8 Å². The lowest BCUT2D eigenvalue weighted by atomic mass is 10.2. The van der Waals surface area contributed by atoms with E-state index in [4.69, 9.17) is 13.6 Å². The molecular weight excluding hydrogens is 456 g/mol. The van der Waals surface area contributed by atoms with Gasteiger partial charge in [-0.15, -0.1) is 10.2 Å². The Morgan fingerprint density at radius 2 is 2.03 bits per heavy atom. The molecule has 1 aliphatic heterocycles. The number of nitrogens with one attached hydrogen (secondary N) is 1. The first-order chi connectivity index (χ1) is 15.4. The highest BCUT2D eigenvalue weighted by Gasteiger charge is 2.27. The largest absolute Gasteiger partial charge is 0.467 e. The molecule has 32 heavy (non-hydrogen) atoms. The van der Waals surface area contributed by atoms with Gasteiger partial charge in [-0.2, -0.15) is 4.31 Å². The molecule has 1 saturated heterocycles. The number of benzene rings is 1. The first kappa shape index (κ1) is 22.5. The Labute approximate surface area is 189 Å². The van der Waals surface area contributed by atoms with Crippen LogP contribution in [-0.4, -0.2) is 60.9 Å². The predicted octanol–water partition coefficient (Wildman–Crippen LogP) is 2.32. The SMILES string of the molecule is CC(NC(=O)CSc1nnc(-c2cccc(S(=O)(=O)N3CCOCC3)c2)o1)c1ccco1. The standard InChI is InChI=1S/C20H22N4O6S2/c1-14(17-6-3-9-29-17)21-18(25)13-31-20-23-22-19(30-20)15-4-2-5-16(12-15)32(26,27)24-7-10-28-11-8-24/h2-6,9,12,14H,7-8,10-11,13H2,1H3,(H,21,25).